The van der Waals surface area contributed by atoms with Crippen LogP contribution in [0.25, 0.3) is 0 Å². The summed E-state index contributed by atoms with van der Waals surface area (Å²) >= 11 is 41.8. The zero-order valence-electron chi connectivity index (χ0n) is 12.5. The van der Waals surface area contributed by atoms with Gasteiger partial charge in [-0.05, 0) is 45.9 Å². The Morgan fingerprint density at radius 3 is 1.50 bits per heavy atom. The number of aromatic nitrogens is 2. The molecule has 0 bridgehead atoms. The van der Waals surface area contributed by atoms with Crippen LogP contribution in [0.4, 0.5) is 0 Å². The van der Waals surface area contributed by atoms with Gasteiger partial charge in [-0.15, -0.1) is 11.6 Å². The summed E-state index contributed by atoms with van der Waals surface area (Å²) in [6, 6.07) is 3.06. The molecule has 0 spiro atoms. The Morgan fingerprint density at radius 2 is 1.23 bits per heavy atom. The first kappa shape index (κ1) is 29.1. The molecule has 0 amide bonds. The van der Waals surface area contributed by atoms with Crippen LogP contribution in [0, 0.1) is 0 Å². The van der Waals surface area contributed by atoms with Crippen LogP contribution in [0.1, 0.15) is 11.1 Å². The number of hydrogen-bond acceptors (Lipinski definition) is 4. The van der Waals surface area contributed by atoms with E-state index in [4.69, 9.17) is 63.1 Å². The fraction of sp³-hybridized carbons (Fsp3) is 0.167. The summed E-state index contributed by atoms with van der Waals surface area (Å²) in [6.07, 6.45) is 3.02. The van der Waals surface area contributed by atoms with Gasteiger partial charge in [0.25, 0.3) is 0 Å². The van der Waals surface area contributed by atoms with Gasteiger partial charge in [0.05, 0.1) is 17.5 Å². The quantitative estimate of drug-likeness (QED) is 0.187. The maximum Gasteiger partial charge on any atom is 0.339 e. The van der Waals surface area contributed by atoms with Crippen LogP contribution in [0.15, 0.2) is 24.5 Å². The molecule has 0 aromatic carbocycles. The molecule has 0 fully saturated rings. The monoisotopic (exact) mass is 535 g/mol. The normalized spacial score (nSPS) is 9.88. The van der Waals surface area contributed by atoms with Gasteiger partial charge in [0, 0.05) is 37.0 Å². The molecule has 1 N–H and O–H groups in total. The third-order valence-electron chi connectivity index (χ3n) is 2.11. The van der Waals surface area contributed by atoms with Crippen LogP contribution in [0.3, 0.4) is 0 Å². The highest BCUT2D eigenvalue weighted by atomic mass is 36.0. The molecule has 0 aliphatic heterocycles. The van der Waals surface area contributed by atoms with Crippen molar-refractivity contribution in [1.82, 2.24) is 9.97 Å². The lowest BCUT2D eigenvalue weighted by molar-refractivity contribution is 0.281. The van der Waals surface area contributed by atoms with Gasteiger partial charge >= 0.3 is 5.20 Å². The molecule has 2 aromatic heterocycles. The topological polar surface area (TPSA) is 63.1 Å². The van der Waals surface area contributed by atoms with Crippen LogP contribution in [-0.2, 0) is 17.1 Å². The second kappa shape index (κ2) is 14.8. The predicted molar refractivity (Wildman–Crippen MR) is 115 cm³/mol. The van der Waals surface area contributed by atoms with E-state index in [1.54, 1.807) is 12.3 Å². The molecule has 0 saturated carbocycles. The summed E-state index contributed by atoms with van der Waals surface area (Å²) in [6.45, 7) is -0.108. The van der Waals surface area contributed by atoms with E-state index < -0.39 is 5.20 Å². The summed E-state index contributed by atoms with van der Waals surface area (Å²) in [4.78, 5) is 7.54. The fourth-order valence-electron chi connectivity index (χ4n) is 1.09. The minimum absolute atomic E-state index is 0. The van der Waals surface area contributed by atoms with Crippen molar-refractivity contribution in [2.24, 2.45) is 0 Å². The largest absolute Gasteiger partial charge is 0.392 e. The Kier molecular flexibility index (Phi) is 16.6. The van der Waals surface area contributed by atoms with Crippen molar-refractivity contribution in [3.63, 3.8) is 0 Å². The second-order valence-corrected chi connectivity index (χ2v) is 12.4. The molecular weight excluding hydrogens is 530 g/mol. The van der Waals surface area contributed by atoms with Gasteiger partial charge in [0.2, 0.25) is 0 Å². The Labute approximate surface area is 192 Å². The van der Waals surface area contributed by atoms with E-state index in [0.717, 1.165) is 5.56 Å². The van der Waals surface area contributed by atoms with Gasteiger partial charge in [0.15, 0.2) is 0 Å². The molecule has 2 aromatic rings. The zero-order chi connectivity index (χ0) is 19.6. The number of pyridine rings is 2. The van der Waals surface area contributed by atoms with Crippen LogP contribution < -0.4 is 0 Å². The van der Waals surface area contributed by atoms with Gasteiger partial charge in [-0.2, -0.15) is 0 Å². The molecule has 14 heteroatoms. The highest BCUT2D eigenvalue weighted by Crippen LogP contribution is 2.61. The third-order valence-corrected chi connectivity index (χ3v) is 3.51. The fourth-order valence-corrected chi connectivity index (χ4v) is 2.23. The third kappa shape index (κ3) is 14.9. The molecule has 2 heterocycles. The van der Waals surface area contributed by atoms with E-state index in [1.807, 2.05) is 0 Å². The molecule has 143 valence electrons. The zero-order valence-corrected chi connectivity index (χ0v) is 19.5. The molecule has 0 aliphatic rings. The van der Waals surface area contributed by atoms with Crippen molar-refractivity contribution in [2.45, 2.75) is 12.5 Å². The highest BCUT2D eigenvalue weighted by molar-refractivity contribution is 8.24. The van der Waals surface area contributed by atoms with E-state index in [-0.39, 0.29) is 15.0 Å². The highest BCUT2D eigenvalue weighted by Gasteiger charge is 2.03. The lowest BCUT2D eigenvalue weighted by Gasteiger charge is -1.97. The van der Waals surface area contributed by atoms with Crippen LogP contribution in [0.5, 0.6) is 0 Å². The van der Waals surface area contributed by atoms with Gasteiger partial charge in [-0.25, -0.2) is 9.97 Å². The summed E-state index contributed by atoms with van der Waals surface area (Å²) in [5.74, 6) is 0.364. The first-order valence-corrected chi connectivity index (χ1v) is 12.4. The average Bonchev–Trinajstić information content (AvgIpc) is 2.46. The van der Waals surface area contributed by atoms with Gasteiger partial charge in [-0.3, -0.25) is 4.57 Å². The molecule has 0 aliphatic carbocycles. The number of aliphatic hydroxyl groups is 1. The van der Waals surface area contributed by atoms with Gasteiger partial charge in [-0.1, -0.05) is 46.4 Å². The lowest BCUT2D eigenvalue weighted by atomic mass is 10.3. The minimum atomic E-state index is -3.22. The van der Waals surface area contributed by atoms with E-state index in [0.29, 0.717) is 31.8 Å². The molecule has 26 heavy (non-hydrogen) atoms. The number of rotatable bonds is 2. The Balaban J connectivity index is 0. The van der Waals surface area contributed by atoms with Crippen molar-refractivity contribution in [2.75, 3.05) is 0 Å². The summed E-state index contributed by atoms with van der Waals surface area (Å²) < 4.78 is 9.51. The lowest BCUT2D eigenvalue weighted by Crippen LogP contribution is -1.86. The number of hydrogen-bond donors (Lipinski definition) is 1. The molecule has 2 rings (SSSR count). The molecule has 0 saturated heterocycles. The molecule has 0 unspecified atom stereocenters. The molecule has 4 nitrogen and oxygen atoms in total. The Hall–Kier alpha value is 0.875. The van der Waals surface area contributed by atoms with Crippen LogP contribution >= 0.6 is 96.9 Å². The molecular formula is C12H9BCl8N2O2P. The van der Waals surface area contributed by atoms with Gasteiger partial charge in [0.1, 0.15) is 10.3 Å². The number of alkyl halides is 1. The van der Waals surface area contributed by atoms with Crippen molar-refractivity contribution in [3.8, 4) is 0 Å². The smallest absolute Gasteiger partial charge is 0.339 e. The van der Waals surface area contributed by atoms with Crippen molar-refractivity contribution in [3.05, 3.63) is 56.0 Å². The standard InChI is InChI=1S/C6H4Cl3N.C6H5Cl2NO.B.Cl3OP/c7-2-4-3-10-6(9)1-5(4)8;7-5-1-6(8)9-2-4(5)3-10;;1-5(2,3)4/h1,3H,2H2;1-2,10H,3H2;;. The number of halogens is 8. The van der Waals surface area contributed by atoms with E-state index in [2.05, 4.69) is 43.7 Å². The maximum atomic E-state index is 9.51. The van der Waals surface area contributed by atoms with Crippen molar-refractivity contribution in [1.29, 1.82) is 0 Å². The number of aliphatic hydroxyl groups excluding tert-OH is 1. The first-order valence-electron chi connectivity index (χ1n) is 5.93. The summed E-state index contributed by atoms with van der Waals surface area (Å²) in [5.41, 5.74) is 1.39. The van der Waals surface area contributed by atoms with Crippen LogP contribution in [0.2, 0.25) is 20.4 Å². The first-order chi connectivity index (χ1) is 11.5. The Bertz CT molecular complexity index is 675. The van der Waals surface area contributed by atoms with Crippen molar-refractivity contribution >= 4 is 105 Å². The van der Waals surface area contributed by atoms with Crippen molar-refractivity contribution < 1.29 is 9.67 Å². The van der Waals surface area contributed by atoms with E-state index in [9.17, 15) is 4.57 Å². The average molecular weight is 539 g/mol. The van der Waals surface area contributed by atoms with Gasteiger partial charge < -0.3 is 5.11 Å². The summed E-state index contributed by atoms with van der Waals surface area (Å²) in [7, 11) is 0. The van der Waals surface area contributed by atoms with Crippen LogP contribution in [-0.4, -0.2) is 23.5 Å². The van der Waals surface area contributed by atoms with E-state index >= 15 is 0 Å². The summed E-state index contributed by atoms with van der Waals surface area (Å²) in [5, 5.41) is 7.15. The number of nitrogens with zero attached hydrogens (tertiary/aromatic N) is 2. The molecule has 0 atom stereocenters. The predicted octanol–water partition coefficient (Wildman–Crippen LogP) is 7.44. The second-order valence-electron chi connectivity index (χ2n) is 3.89. The molecule has 3 radical (unpaired) electrons. The SMILES string of the molecule is ClCc1cnc(Cl)cc1Cl.O=P(Cl)(Cl)Cl.OCc1cnc(Cl)cc1Cl.[B]. The Morgan fingerprint density at radius 1 is 0.885 bits per heavy atom. The maximum absolute atomic E-state index is 9.51. The minimum Gasteiger partial charge on any atom is -0.392 e. The van der Waals surface area contributed by atoms with E-state index in [1.165, 1.54) is 12.3 Å².